The highest BCUT2D eigenvalue weighted by molar-refractivity contribution is 14.1. The van der Waals surface area contributed by atoms with Gasteiger partial charge in [0.1, 0.15) is 12.2 Å². The highest BCUT2D eigenvalue weighted by Crippen LogP contribution is 2.23. The molecular weight excluding hydrogens is 381 g/mol. The fraction of sp³-hybridized carbons (Fsp3) is 0.688. The maximum absolute atomic E-state index is 11.7. The number of carbonyl (C=O) groups is 1. The second-order valence-corrected chi connectivity index (χ2v) is 6.56. The lowest BCUT2D eigenvalue weighted by Crippen LogP contribution is -2.37. The van der Waals surface area contributed by atoms with Crippen LogP contribution in [0.15, 0.2) is 21.3 Å². The zero-order valence-corrected chi connectivity index (χ0v) is 15.6. The Morgan fingerprint density at radius 3 is 2.52 bits per heavy atom. The molecule has 2 N–H and O–H groups in total. The van der Waals surface area contributed by atoms with E-state index in [0.29, 0.717) is 13.0 Å². The van der Waals surface area contributed by atoms with Gasteiger partial charge in [-0.2, -0.15) is 0 Å². The van der Waals surface area contributed by atoms with E-state index < -0.39 is 18.3 Å². The summed E-state index contributed by atoms with van der Waals surface area (Å²) in [7, 11) is 0. The molecule has 0 saturated carbocycles. The Bertz CT molecular complexity index is 363. The first-order chi connectivity index (χ1) is 9.97. The van der Waals surface area contributed by atoms with Gasteiger partial charge in [-0.05, 0) is 64.9 Å². The standard InChI is InChI=1S/C16H28INO3/c1-5-8-10-14(21-16(20)18-11-7-3)15(19)13(9-6-2)12(4)17/h6,9,14-15,19H,5,7-8,10-11H2,1-4H3,(H,18,20)/b9-6-,13-12-/t14-,15-/m0/s1. The number of aliphatic hydroxyl groups is 1. The number of alkyl carbamates (subject to hydrolysis) is 1. The number of allylic oxidation sites excluding steroid dienone is 2. The van der Waals surface area contributed by atoms with Crippen LogP contribution in [0, 0.1) is 0 Å². The van der Waals surface area contributed by atoms with Gasteiger partial charge in [-0.25, -0.2) is 4.79 Å². The highest BCUT2D eigenvalue weighted by Gasteiger charge is 2.26. The van der Waals surface area contributed by atoms with Gasteiger partial charge in [0.05, 0.1) is 0 Å². The van der Waals surface area contributed by atoms with Crippen molar-refractivity contribution in [2.45, 2.75) is 65.6 Å². The maximum Gasteiger partial charge on any atom is 0.407 e. The van der Waals surface area contributed by atoms with Crippen LogP contribution in [-0.2, 0) is 4.74 Å². The summed E-state index contributed by atoms with van der Waals surface area (Å²) in [5.41, 5.74) is 0.808. The van der Waals surface area contributed by atoms with Crippen molar-refractivity contribution >= 4 is 28.7 Å². The largest absolute Gasteiger partial charge is 0.443 e. The van der Waals surface area contributed by atoms with Crippen LogP contribution in [-0.4, -0.2) is 30.0 Å². The van der Waals surface area contributed by atoms with Gasteiger partial charge < -0.3 is 15.2 Å². The smallest absolute Gasteiger partial charge is 0.407 e. The van der Waals surface area contributed by atoms with Crippen molar-refractivity contribution in [2.75, 3.05) is 6.54 Å². The second kappa shape index (κ2) is 12.0. The van der Waals surface area contributed by atoms with Crippen LogP contribution in [0.1, 0.15) is 53.4 Å². The van der Waals surface area contributed by atoms with E-state index in [4.69, 9.17) is 4.74 Å². The first-order valence-corrected chi connectivity index (χ1v) is 8.67. The van der Waals surface area contributed by atoms with Crippen molar-refractivity contribution in [3.63, 3.8) is 0 Å². The number of carbonyl (C=O) groups excluding carboxylic acids is 1. The number of ether oxygens (including phenoxy) is 1. The third-order valence-electron chi connectivity index (χ3n) is 3.03. The number of unbranched alkanes of at least 4 members (excludes halogenated alkanes) is 1. The third kappa shape index (κ3) is 8.46. The molecule has 4 nitrogen and oxygen atoms in total. The van der Waals surface area contributed by atoms with E-state index in [0.717, 1.165) is 28.4 Å². The summed E-state index contributed by atoms with van der Waals surface area (Å²) in [4.78, 5) is 11.7. The molecule has 0 aromatic heterocycles. The van der Waals surface area contributed by atoms with Crippen LogP contribution < -0.4 is 5.32 Å². The molecule has 0 aromatic rings. The molecule has 0 unspecified atom stereocenters. The Hall–Kier alpha value is -0.560. The SMILES string of the molecule is C/C=C\C(=C(/C)I)[C@H](O)[C@H](CCCC)OC(=O)NCCC. The molecule has 5 heteroatoms. The van der Waals surface area contributed by atoms with Crippen LogP contribution in [0.5, 0.6) is 0 Å². The zero-order chi connectivity index (χ0) is 16.3. The van der Waals surface area contributed by atoms with E-state index >= 15 is 0 Å². The van der Waals surface area contributed by atoms with Crippen LogP contribution >= 0.6 is 22.6 Å². The van der Waals surface area contributed by atoms with Gasteiger partial charge >= 0.3 is 6.09 Å². The lowest BCUT2D eigenvalue weighted by atomic mass is 9.99. The van der Waals surface area contributed by atoms with Crippen molar-refractivity contribution in [3.8, 4) is 0 Å². The van der Waals surface area contributed by atoms with Gasteiger partial charge in [0.15, 0.2) is 0 Å². The average Bonchev–Trinajstić information content (AvgIpc) is 2.45. The number of nitrogens with one attached hydrogen (secondary N) is 1. The molecule has 0 aliphatic rings. The molecule has 0 aliphatic carbocycles. The van der Waals surface area contributed by atoms with Crippen LogP contribution in [0.4, 0.5) is 4.79 Å². The summed E-state index contributed by atoms with van der Waals surface area (Å²) in [6.07, 6.45) is 5.41. The molecule has 0 spiro atoms. The summed E-state index contributed by atoms with van der Waals surface area (Å²) >= 11 is 2.18. The zero-order valence-electron chi connectivity index (χ0n) is 13.5. The molecule has 0 radical (unpaired) electrons. The fourth-order valence-corrected chi connectivity index (χ4v) is 2.39. The van der Waals surface area contributed by atoms with Gasteiger partial charge in [-0.3, -0.25) is 0 Å². The molecule has 21 heavy (non-hydrogen) atoms. The molecule has 0 aromatic carbocycles. The first-order valence-electron chi connectivity index (χ1n) is 7.59. The summed E-state index contributed by atoms with van der Waals surface area (Å²) in [5, 5.41) is 13.2. The van der Waals surface area contributed by atoms with Crippen LogP contribution in [0.3, 0.4) is 0 Å². The number of hydrogen-bond acceptors (Lipinski definition) is 3. The average molecular weight is 409 g/mol. The Morgan fingerprint density at radius 2 is 2.05 bits per heavy atom. The number of amides is 1. The molecule has 2 atom stereocenters. The summed E-state index contributed by atoms with van der Waals surface area (Å²) in [6, 6.07) is 0. The van der Waals surface area contributed by atoms with E-state index in [-0.39, 0.29) is 0 Å². The lowest BCUT2D eigenvalue weighted by Gasteiger charge is -2.25. The predicted molar refractivity (Wildman–Crippen MR) is 95.6 cm³/mol. The van der Waals surface area contributed by atoms with Crippen molar-refractivity contribution in [1.29, 1.82) is 0 Å². The molecule has 0 saturated heterocycles. The quantitative estimate of drug-likeness (QED) is 0.440. The summed E-state index contributed by atoms with van der Waals surface area (Å²) in [5.74, 6) is 0. The fourth-order valence-electron chi connectivity index (χ4n) is 1.89. The minimum atomic E-state index is -0.794. The minimum Gasteiger partial charge on any atom is -0.443 e. The third-order valence-corrected chi connectivity index (χ3v) is 3.66. The van der Waals surface area contributed by atoms with E-state index in [2.05, 4.69) is 34.8 Å². The van der Waals surface area contributed by atoms with Crippen molar-refractivity contribution in [3.05, 3.63) is 21.3 Å². The second-order valence-electron chi connectivity index (χ2n) is 4.95. The van der Waals surface area contributed by atoms with Gasteiger partial charge in [-0.1, -0.05) is 32.4 Å². The Morgan fingerprint density at radius 1 is 1.38 bits per heavy atom. The van der Waals surface area contributed by atoms with Gasteiger partial charge in [0.2, 0.25) is 0 Å². The van der Waals surface area contributed by atoms with E-state index in [1.807, 2.05) is 32.9 Å². The van der Waals surface area contributed by atoms with E-state index in [9.17, 15) is 9.90 Å². The minimum absolute atomic E-state index is 0.456. The molecule has 0 rings (SSSR count). The molecule has 0 fully saturated rings. The van der Waals surface area contributed by atoms with Crippen LogP contribution in [0.2, 0.25) is 0 Å². The van der Waals surface area contributed by atoms with E-state index in [1.165, 1.54) is 0 Å². The van der Waals surface area contributed by atoms with Crippen molar-refractivity contribution in [2.24, 2.45) is 0 Å². The van der Waals surface area contributed by atoms with Crippen molar-refractivity contribution in [1.82, 2.24) is 5.32 Å². The monoisotopic (exact) mass is 409 g/mol. The first kappa shape index (κ1) is 20.4. The van der Waals surface area contributed by atoms with Crippen molar-refractivity contribution < 1.29 is 14.6 Å². The Kier molecular flexibility index (Phi) is 11.7. The topological polar surface area (TPSA) is 58.6 Å². The lowest BCUT2D eigenvalue weighted by molar-refractivity contribution is 0.0159. The number of rotatable bonds is 9. The molecule has 0 bridgehead atoms. The number of hydrogen-bond donors (Lipinski definition) is 2. The Balaban J connectivity index is 4.94. The predicted octanol–water partition coefficient (Wildman–Crippen LogP) is 4.33. The van der Waals surface area contributed by atoms with Gasteiger partial charge in [0, 0.05) is 6.54 Å². The molecule has 122 valence electrons. The summed E-state index contributed by atoms with van der Waals surface area (Å²) < 4.78 is 6.42. The van der Waals surface area contributed by atoms with Crippen LogP contribution in [0.25, 0.3) is 0 Å². The van der Waals surface area contributed by atoms with Gasteiger partial charge in [-0.15, -0.1) is 0 Å². The molecule has 0 aliphatic heterocycles. The Labute approximate surface area is 142 Å². The summed E-state index contributed by atoms with van der Waals surface area (Å²) in [6.45, 7) is 8.48. The molecule has 0 heterocycles. The number of halogens is 1. The molecular formula is C16H28INO3. The molecule has 1 amide bonds. The normalized spacial score (nSPS) is 15.5. The number of aliphatic hydroxyl groups excluding tert-OH is 1. The maximum atomic E-state index is 11.7. The van der Waals surface area contributed by atoms with Gasteiger partial charge in [0.25, 0.3) is 0 Å². The van der Waals surface area contributed by atoms with E-state index in [1.54, 1.807) is 0 Å². The highest BCUT2D eigenvalue weighted by atomic mass is 127.